The van der Waals surface area contributed by atoms with Crippen LogP contribution in [0.2, 0.25) is 0 Å². The van der Waals surface area contributed by atoms with Crippen LogP contribution in [0, 0.1) is 0 Å². The van der Waals surface area contributed by atoms with E-state index in [-0.39, 0.29) is 5.97 Å². The quantitative estimate of drug-likeness (QED) is 0.251. The third kappa shape index (κ3) is 164. The largest absolute Gasteiger partial charge is 0.435 e. The fourth-order valence-electron chi connectivity index (χ4n) is 0.117. The Kier molecular flexibility index (Phi) is 34.9. The number of ether oxygens (including phenoxy) is 1. The molecule has 0 saturated carbocycles. The smallest absolute Gasteiger partial charge is 0.307 e. The van der Waals surface area contributed by atoms with Crippen LogP contribution in [-0.4, -0.2) is 5.97 Å². The third-order valence-electron chi connectivity index (χ3n) is 0.249. The Hall–Kier alpha value is -1.53. The van der Waals surface area contributed by atoms with Gasteiger partial charge in [0.2, 0.25) is 0 Å². The molecule has 0 spiro atoms. The number of carbonyl (C=O) groups is 1. The van der Waals surface area contributed by atoms with Crippen molar-refractivity contribution in [2.24, 2.45) is 0 Å². The Labute approximate surface area is 68.2 Å². The van der Waals surface area contributed by atoms with Crippen LogP contribution < -0.4 is 0 Å². The van der Waals surface area contributed by atoms with E-state index >= 15 is 0 Å². The van der Waals surface area contributed by atoms with Crippen molar-refractivity contribution < 1.29 is 9.53 Å². The molecule has 0 bridgehead atoms. The highest BCUT2D eigenvalue weighted by molar-refractivity contribution is 5.66. The summed E-state index contributed by atoms with van der Waals surface area (Å²) in [5, 5.41) is 0. The molecule has 0 fully saturated rings. The molecule has 0 unspecified atom stereocenters. The molecule has 11 heavy (non-hydrogen) atoms. The first-order valence-electron chi connectivity index (χ1n) is 2.76. The van der Waals surface area contributed by atoms with E-state index in [1.165, 1.54) is 6.92 Å². The number of carbonyl (C=O) groups excluding carboxylic acids is 1. The first kappa shape index (κ1) is 16.2. The van der Waals surface area contributed by atoms with Gasteiger partial charge in [-0.1, -0.05) is 19.7 Å². The van der Waals surface area contributed by atoms with Crippen LogP contribution in [-0.2, 0) is 9.53 Å². The molecule has 0 aromatic heterocycles. The zero-order valence-electron chi connectivity index (χ0n) is 6.93. The Morgan fingerprint density at radius 1 is 1.45 bits per heavy atom. The van der Waals surface area contributed by atoms with Gasteiger partial charge in [-0.15, -0.1) is 18.9 Å². The van der Waals surface area contributed by atoms with Gasteiger partial charge in [0.25, 0.3) is 0 Å². The molecular formula is C9H14O2. The van der Waals surface area contributed by atoms with Crippen LogP contribution in [0.5, 0.6) is 0 Å². The number of rotatable bonds is 1. The van der Waals surface area contributed by atoms with Crippen LogP contribution in [0.3, 0.4) is 0 Å². The normalized spacial score (nSPS) is 4.82. The van der Waals surface area contributed by atoms with Gasteiger partial charge in [0.1, 0.15) is 0 Å². The summed E-state index contributed by atoms with van der Waals surface area (Å²) in [6.45, 7) is 16.7. The lowest BCUT2D eigenvalue weighted by Gasteiger charge is -1.83. The standard InChI is InChI=1S/C4H6O2.C3H4.C2H4/c1-3-6-4(2)5;1-3-2;1-2/h3H,1H2,2H3;1-2H2;1-2H2. The average Bonchev–Trinajstić information content (AvgIpc) is 1.93. The van der Waals surface area contributed by atoms with Crippen molar-refractivity contribution in [2.75, 3.05) is 0 Å². The maximum atomic E-state index is 9.75. The second-order valence-corrected chi connectivity index (χ2v) is 1.03. The van der Waals surface area contributed by atoms with Gasteiger partial charge >= 0.3 is 5.97 Å². The van der Waals surface area contributed by atoms with Gasteiger partial charge in [0, 0.05) is 6.92 Å². The lowest BCUT2D eigenvalue weighted by atomic mass is 10.8. The van der Waals surface area contributed by atoms with Gasteiger partial charge in [0.05, 0.1) is 6.26 Å². The highest BCUT2D eigenvalue weighted by Crippen LogP contribution is 1.70. The monoisotopic (exact) mass is 154 g/mol. The summed E-state index contributed by atoms with van der Waals surface area (Å²) in [5.74, 6) is -0.329. The average molecular weight is 154 g/mol. The molecule has 2 nitrogen and oxygen atoms in total. The lowest BCUT2D eigenvalue weighted by molar-refractivity contribution is -0.135. The molecule has 0 aromatic rings. The second-order valence-electron chi connectivity index (χ2n) is 1.03. The summed E-state index contributed by atoms with van der Waals surface area (Å²) in [6, 6.07) is 0. The van der Waals surface area contributed by atoms with Gasteiger partial charge in [-0.3, -0.25) is 4.79 Å². The molecule has 0 aromatic carbocycles. The van der Waals surface area contributed by atoms with E-state index < -0.39 is 0 Å². The van der Waals surface area contributed by atoms with Crippen LogP contribution in [0.25, 0.3) is 0 Å². The van der Waals surface area contributed by atoms with Gasteiger partial charge < -0.3 is 4.74 Å². The molecule has 0 amide bonds. The molecule has 0 N–H and O–H groups in total. The second kappa shape index (κ2) is 23.7. The Balaban J connectivity index is -0.000000109. The predicted octanol–water partition coefficient (Wildman–Crippen LogP) is 2.45. The van der Waals surface area contributed by atoms with Crippen molar-refractivity contribution in [2.45, 2.75) is 6.92 Å². The van der Waals surface area contributed by atoms with Crippen LogP contribution >= 0.6 is 0 Å². The van der Waals surface area contributed by atoms with E-state index in [1.807, 2.05) is 0 Å². The van der Waals surface area contributed by atoms with Crippen LogP contribution in [0.4, 0.5) is 0 Å². The molecule has 2 heteroatoms. The molecule has 0 aliphatic heterocycles. The van der Waals surface area contributed by atoms with Gasteiger partial charge in [0.15, 0.2) is 0 Å². The number of hydrogen-bond acceptors (Lipinski definition) is 2. The summed E-state index contributed by atoms with van der Waals surface area (Å²) in [7, 11) is 0. The van der Waals surface area contributed by atoms with Crippen molar-refractivity contribution >= 4 is 5.97 Å². The van der Waals surface area contributed by atoms with Crippen molar-refractivity contribution in [3.63, 3.8) is 0 Å². The minimum absolute atomic E-state index is 0.329. The third-order valence-corrected chi connectivity index (χ3v) is 0.249. The van der Waals surface area contributed by atoms with Crippen molar-refractivity contribution in [3.05, 3.63) is 44.9 Å². The summed E-state index contributed by atoms with van der Waals surface area (Å²) < 4.78 is 4.17. The molecule has 0 radical (unpaired) electrons. The van der Waals surface area contributed by atoms with Crippen molar-refractivity contribution in [1.29, 1.82) is 0 Å². The Bertz CT molecular complexity index is 130. The molecule has 0 saturated heterocycles. The zero-order chi connectivity index (χ0) is 9.70. The first-order chi connectivity index (χ1) is 5.18. The fourth-order valence-corrected chi connectivity index (χ4v) is 0.117. The maximum absolute atomic E-state index is 9.75. The van der Waals surface area contributed by atoms with Crippen molar-refractivity contribution in [1.82, 2.24) is 0 Å². The highest BCUT2D eigenvalue weighted by atomic mass is 16.5. The van der Waals surface area contributed by atoms with E-state index in [2.05, 4.69) is 43.4 Å². The van der Waals surface area contributed by atoms with Crippen molar-refractivity contribution in [3.8, 4) is 0 Å². The fraction of sp³-hybridized carbons (Fsp3) is 0.111. The molecule has 0 atom stereocenters. The summed E-state index contributed by atoms with van der Waals surface area (Å²) in [4.78, 5) is 9.75. The topological polar surface area (TPSA) is 26.3 Å². The van der Waals surface area contributed by atoms with Gasteiger partial charge in [-0.2, -0.15) is 0 Å². The summed E-state index contributed by atoms with van der Waals surface area (Å²) in [6.07, 6.45) is 1.10. The van der Waals surface area contributed by atoms with E-state index in [0.29, 0.717) is 0 Å². The molecule has 0 aliphatic carbocycles. The molecular weight excluding hydrogens is 140 g/mol. The highest BCUT2D eigenvalue weighted by Gasteiger charge is 1.79. The van der Waals surface area contributed by atoms with E-state index in [0.717, 1.165) is 6.26 Å². The minimum Gasteiger partial charge on any atom is -0.435 e. The molecule has 0 rings (SSSR count). The number of esters is 1. The SMILES string of the molecule is C=C.C=C=C.C=COC(C)=O. The first-order valence-corrected chi connectivity index (χ1v) is 2.76. The lowest BCUT2D eigenvalue weighted by Crippen LogP contribution is -1.87. The molecule has 0 aliphatic rings. The summed E-state index contributed by atoms with van der Waals surface area (Å²) >= 11 is 0. The Morgan fingerprint density at radius 3 is 1.73 bits per heavy atom. The van der Waals surface area contributed by atoms with Gasteiger partial charge in [-0.25, -0.2) is 0 Å². The van der Waals surface area contributed by atoms with Gasteiger partial charge in [-0.05, 0) is 0 Å². The number of hydrogen-bond donors (Lipinski definition) is 0. The molecule has 62 valence electrons. The van der Waals surface area contributed by atoms with E-state index in [1.54, 1.807) is 0 Å². The maximum Gasteiger partial charge on any atom is 0.307 e. The van der Waals surface area contributed by atoms with E-state index in [4.69, 9.17) is 0 Å². The van der Waals surface area contributed by atoms with Crippen LogP contribution in [0.15, 0.2) is 44.9 Å². The summed E-state index contributed by atoms with van der Waals surface area (Å²) in [5.41, 5.74) is 2.25. The predicted molar refractivity (Wildman–Crippen MR) is 48.0 cm³/mol. The van der Waals surface area contributed by atoms with Crippen LogP contribution in [0.1, 0.15) is 6.92 Å². The van der Waals surface area contributed by atoms with E-state index in [9.17, 15) is 4.79 Å². The molecule has 0 heterocycles. The minimum atomic E-state index is -0.329. The zero-order valence-corrected chi connectivity index (χ0v) is 6.93. The Morgan fingerprint density at radius 2 is 1.73 bits per heavy atom.